The van der Waals surface area contributed by atoms with E-state index in [1.165, 1.54) is 4.73 Å². The van der Waals surface area contributed by atoms with Gasteiger partial charge >= 0.3 is 33.0 Å². The van der Waals surface area contributed by atoms with Crippen LogP contribution in [0, 0.1) is 11.3 Å². The van der Waals surface area contributed by atoms with Gasteiger partial charge < -0.3 is 0 Å². The molecule has 0 amide bonds. The molecule has 3 nitrogen and oxygen atoms in total. The van der Waals surface area contributed by atoms with Crippen LogP contribution in [0.1, 0.15) is 5.56 Å². The number of hydrogen-bond donors (Lipinski definition) is 0. The summed E-state index contributed by atoms with van der Waals surface area (Å²) in [5, 5.41) is 8.44. The van der Waals surface area contributed by atoms with E-state index in [9.17, 15) is 25.2 Å². The van der Waals surface area contributed by atoms with Crippen molar-refractivity contribution < 1.29 is 34.7 Å². The molecule has 10 heteroatoms. The average molecular weight is 280 g/mol. The van der Waals surface area contributed by atoms with Crippen molar-refractivity contribution in [3.05, 3.63) is 30.1 Å². The number of hydrogen-bond acceptors (Lipinski definition) is 2. The molecule has 0 aromatic carbocycles. The number of nitriles is 1. The predicted molar refractivity (Wildman–Crippen MR) is 47.4 cm³/mol. The Kier molecular flexibility index (Phi) is 3.67. The van der Waals surface area contributed by atoms with Crippen LogP contribution in [0.3, 0.4) is 0 Å². The Labute approximate surface area is 92.0 Å². The van der Waals surface area contributed by atoms with Gasteiger partial charge in [-0.3, -0.25) is 4.84 Å². The predicted octanol–water partition coefficient (Wildman–Crippen LogP) is 3.29. The Morgan fingerprint density at radius 3 is 2.06 bits per heavy atom. The Morgan fingerprint density at radius 2 is 1.71 bits per heavy atom. The summed E-state index contributed by atoms with van der Waals surface area (Å²) >= 11 is 0. The summed E-state index contributed by atoms with van der Waals surface area (Å²) in [7, 11) is -9.11. The first kappa shape index (κ1) is 15.4. The van der Waals surface area contributed by atoms with Gasteiger partial charge in [0.05, 0.1) is 0 Å². The van der Waals surface area contributed by atoms with Gasteiger partial charge in [0, 0.05) is 10.8 Å². The molecule has 98 valence electrons. The first-order valence-electron chi connectivity index (χ1n) is 3.84. The van der Waals surface area contributed by atoms with Gasteiger partial charge in [-0.05, 0) is 6.07 Å². The average Bonchev–Trinajstić information content (AvgIpc) is 2.13. The summed E-state index contributed by atoms with van der Waals surface area (Å²) in [6.45, 7) is 0. The molecular weight excluding hydrogens is 273 g/mol. The number of pyridine rings is 1. The third kappa shape index (κ3) is 14.5. The van der Waals surface area contributed by atoms with Crippen molar-refractivity contribution in [2.75, 3.05) is 7.11 Å². The summed E-state index contributed by atoms with van der Waals surface area (Å²) < 4.78 is 60.7. The monoisotopic (exact) mass is 280 g/mol. The molecule has 0 spiro atoms. The van der Waals surface area contributed by atoms with E-state index in [2.05, 4.69) is 0 Å². The number of aromatic nitrogens is 1. The van der Waals surface area contributed by atoms with Crippen molar-refractivity contribution in [3.8, 4) is 6.07 Å². The normalized spacial score (nSPS) is 14.5. The van der Waals surface area contributed by atoms with Crippen molar-refractivity contribution in [1.82, 2.24) is 0 Å². The molecule has 0 bridgehead atoms. The van der Waals surface area contributed by atoms with Gasteiger partial charge in [-0.15, -0.1) is 0 Å². The fourth-order valence-electron chi connectivity index (χ4n) is 0.634. The topological polar surface area (TPSA) is 36.9 Å². The third-order valence-electron chi connectivity index (χ3n) is 1.12. The van der Waals surface area contributed by atoms with Crippen LogP contribution in [-0.2, 0) is 0 Å². The van der Waals surface area contributed by atoms with Crippen molar-refractivity contribution in [2.45, 2.75) is 0 Å². The molecule has 17 heavy (non-hydrogen) atoms. The molecule has 0 unspecified atom stereocenters. The molecule has 1 aromatic rings. The molecule has 0 radical (unpaired) electrons. The number of rotatable bonds is 1. The Morgan fingerprint density at radius 1 is 1.24 bits per heavy atom. The summed E-state index contributed by atoms with van der Waals surface area (Å²) in [6.07, 6.45) is 3.33. The second-order valence-corrected chi connectivity index (χ2v) is 4.62. The molecule has 0 atom stereocenters. The first-order chi connectivity index (χ1) is 7.31. The van der Waals surface area contributed by atoms with Gasteiger partial charge in [0.25, 0.3) is 0 Å². The molecule has 0 aliphatic heterocycles. The van der Waals surface area contributed by atoms with Crippen molar-refractivity contribution >= 4 is 7.81 Å². The SMILES string of the molecule is CO[n+]1cccc(C#N)c1.F[P-](F)(F)(F)(F)F. The molecule has 0 aliphatic carbocycles. The van der Waals surface area contributed by atoms with E-state index in [-0.39, 0.29) is 0 Å². The van der Waals surface area contributed by atoms with Gasteiger partial charge in [-0.1, -0.05) is 0 Å². The van der Waals surface area contributed by atoms with Crippen LogP contribution in [0.2, 0.25) is 0 Å². The van der Waals surface area contributed by atoms with Gasteiger partial charge in [-0.25, -0.2) is 0 Å². The van der Waals surface area contributed by atoms with Crippen LogP contribution in [0.5, 0.6) is 0 Å². The zero-order valence-corrected chi connectivity index (χ0v) is 9.22. The Hall–Kier alpha value is -1.55. The summed E-state index contributed by atoms with van der Waals surface area (Å²) in [4.78, 5) is 4.82. The third-order valence-corrected chi connectivity index (χ3v) is 1.12. The molecule has 0 aliphatic rings. The van der Waals surface area contributed by atoms with E-state index in [4.69, 9.17) is 10.1 Å². The minimum atomic E-state index is -10.7. The molecule has 1 aromatic heterocycles. The first-order valence-corrected chi connectivity index (χ1v) is 5.87. The fraction of sp³-hybridized carbons (Fsp3) is 0.143. The van der Waals surface area contributed by atoms with Crippen LogP contribution < -0.4 is 9.57 Å². The quantitative estimate of drug-likeness (QED) is 0.449. The van der Waals surface area contributed by atoms with Gasteiger partial charge in [0.2, 0.25) is 12.4 Å². The van der Waals surface area contributed by atoms with Crippen molar-refractivity contribution in [3.63, 3.8) is 0 Å². The van der Waals surface area contributed by atoms with Crippen molar-refractivity contribution in [2.24, 2.45) is 0 Å². The van der Waals surface area contributed by atoms with Crippen molar-refractivity contribution in [1.29, 1.82) is 5.26 Å². The summed E-state index contributed by atoms with van der Waals surface area (Å²) in [5.41, 5.74) is 0.587. The van der Waals surface area contributed by atoms with E-state index in [1.54, 1.807) is 31.6 Å². The van der Waals surface area contributed by atoms with E-state index < -0.39 is 7.81 Å². The molecule has 0 saturated heterocycles. The maximum absolute atomic E-state index is 10.7. The molecule has 0 fully saturated rings. The number of halogens is 6. The van der Waals surface area contributed by atoms with Crippen LogP contribution in [0.4, 0.5) is 25.2 Å². The zero-order chi connectivity index (χ0) is 13.8. The number of nitrogens with zero attached hydrogens (tertiary/aromatic N) is 2. The second-order valence-electron chi connectivity index (χ2n) is 2.71. The standard InChI is InChI=1S/C7H7N2O.F6P/c1-10-9-4-2-3-7(5-8)6-9;1-7(2,3,4,5)6/h2-4,6H,1H3;/q+1;-1. The second kappa shape index (κ2) is 4.04. The summed E-state index contributed by atoms with van der Waals surface area (Å²) in [6, 6.07) is 5.47. The Balaban J connectivity index is 0.000000325. The molecule has 1 rings (SSSR count). The Bertz CT molecular complexity index is 425. The van der Waals surface area contributed by atoms with Crippen LogP contribution in [0.15, 0.2) is 24.5 Å². The molecule has 0 N–H and O–H groups in total. The summed E-state index contributed by atoms with van der Waals surface area (Å²) in [5.74, 6) is 0. The van der Waals surface area contributed by atoms with Gasteiger partial charge in [0.15, 0.2) is 0 Å². The van der Waals surface area contributed by atoms with Crippen LogP contribution >= 0.6 is 7.81 Å². The van der Waals surface area contributed by atoms with E-state index in [0.29, 0.717) is 5.56 Å². The maximum atomic E-state index is 9.87. The molecular formula is C7H7F6N2OP. The zero-order valence-electron chi connectivity index (χ0n) is 8.33. The van der Waals surface area contributed by atoms with Gasteiger partial charge in [-0.2, -0.15) is 5.26 Å². The van der Waals surface area contributed by atoms with Crippen LogP contribution in [-0.4, -0.2) is 7.11 Å². The van der Waals surface area contributed by atoms with E-state index >= 15 is 0 Å². The molecule has 1 heterocycles. The van der Waals surface area contributed by atoms with E-state index in [1.807, 2.05) is 6.07 Å². The molecule has 0 saturated carbocycles. The van der Waals surface area contributed by atoms with Crippen LogP contribution in [0.25, 0.3) is 0 Å². The minimum absolute atomic E-state index is 0.587. The fourth-order valence-corrected chi connectivity index (χ4v) is 0.634. The van der Waals surface area contributed by atoms with Gasteiger partial charge in [0.1, 0.15) is 18.7 Å². The van der Waals surface area contributed by atoms with E-state index in [0.717, 1.165) is 0 Å².